The van der Waals surface area contributed by atoms with Crippen molar-refractivity contribution >= 4 is 16.1 Å². The summed E-state index contributed by atoms with van der Waals surface area (Å²) in [5.41, 5.74) is 9.54. The molecule has 0 fully saturated rings. The van der Waals surface area contributed by atoms with E-state index in [2.05, 4.69) is 0 Å². The smallest absolute Gasteiger partial charge is 0.322 e. The van der Waals surface area contributed by atoms with Gasteiger partial charge in [-0.1, -0.05) is 0 Å². The number of rotatable bonds is 4. The highest BCUT2D eigenvalue weighted by Crippen LogP contribution is 1.74. The van der Waals surface area contributed by atoms with Crippen molar-refractivity contribution in [1.82, 2.24) is 0 Å². The van der Waals surface area contributed by atoms with E-state index in [9.17, 15) is 13.2 Å². The van der Waals surface area contributed by atoms with Gasteiger partial charge in [0.2, 0.25) is 0 Å². The van der Waals surface area contributed by atoms with Gasteiger partial charge in [-0.2, -0.15) is 8.42 Å². The second-order valence-electron chi connectivity index (χ2n) is 2.20. The lowest BCUT2D eigenvalue weighted by Gasteiger charge is -1.96. The van der Waals surface area contributed by atoms with E-state index in [-0.39, 0.29) is 12.3 Å². The summed E-state index contributed by atoms with van der Waals surface area (Å²) in [4.78, 5) is 9.65. The van der Waals surface area contributed by atoms with Crippen LogP contribution in [0.5, 0.6) is 0 Å². The van der Waals surface area contributed by atoms with Crippen molar-refractivity contribution in [2.75, 3.05) is 18.9 Å². The Morgan fingerprint density at radius 3 is 1.86 bits per heavy atom. The van der Waals surface area contributed by atoms with Crippen molar-refractivity contribution in [2.24, 2.45) is 11.5 Å². The molecule has 86 valence electrons. The van der Waals surface area contributed by atoms with Crippen LogP contribution in [0, 0.1) is 0 Å². The van der Waals surface area contributed by atoms with Gasteiger partial charge in [0.1, 0.15) is 6.04 Å². The molecule has 7 N–H and O–H groups in total. The fourth-order valence-corrected chi connectivity index (χ4v) is 0.525. The molecule has 14 heavy (non-hydrogen) atoms. The van der Waals surface area contributed by atoms with Crippen LogP contribution in [0.2, 0.25) is 0 Å². The van der Waals surface area contributed by atoms with Crippen molar-refractivity contribution in [3.63, 3.8) is 0 Å². The molecule has 0 aliphatic heterocycles. The number of carbonyl (C=O) groups is 1. The van der Waals surface area contributed by atoms with Crippen LogP contribution in [0.4, 0.5) is 0 Å². The Balaban J connectivity index is 0. The van der Waals surface area contributed by atoms with E-state index in [1.54, 1.807) is 0 Å². The Kier molecular flexibility index (Phi) is 8.58. The first kappa shape index (κ1) is 15.7. The molecule has 0 bridgehead atoms. The standard InChI is InChI=1S/C3H7NO3.C2H7NO3S/c4-2(1-5)3(6)7;3-1-2-7(4,5)6/h2,5H,1,4H2,(H,6,7);1-3H2,(H,4,5,6). The minimum Gasteiger partial charge on any atom is -0.480 e. The maximum atomic E-state index is 9.71. The number of carboxylic acid groups (broad SMARTS) is 1. The Morgan fingerprint density at radius 2 is 1.86 bits per heavy atom. The SMILES string of the molecule is NC(CO)C(=O)O.NCCS(=O)(=O)O. The zero-order valence-corrected chi connectivity index (χ0v) is 8.14. The van der Waals surface area contributed by atoms with Crippen molar-refractivity contribution in [3.8, 4) is 0 Å². The normalized spacial score (nSPS) is 12.6. The Morgan fingerprint density at radius 1 is 1.43 bits per heavy atom. The summed E-state index contributed by atoms with van der Waals surface area (Å²) in [6, 6.07) is -1.13. The Bertz CT molecular complexity index is 251. The molecular weight excluding hydrogens is 216 g/mol. The highest BCUT2D eigenvalue weighted by molar-refractivity contribution is 7.85. The molecule has 0 radical (unpaired) electrons. The highest BCUT2D eigenvalue weighted by Gasteiger charge is 2.07. The summed E-state index contributed by atoms with van der Waals surface area (Å²) < 4.78 is 27.3. The average molecular weight is 230 g/mol. The molecule has 0 aromatic rings. The summed E-state index contributed by atoms with van der Waals surface area (Å²) in [5.74, 6) is -1.53. The van der Waals surface area contributed by atoms with E-state index in [4.69, 9.17) is 26.2 Å². The maximum absolute atomic E-state index is 9.71. The van der Waals surface area contributed by atoms with Gasteiger partial charge in [0, 0.05) is 6.54 Å². The summed E-state index contributed by atoms with van der Waals surface area (Å²) in [6.45, 7) is -0.534. The van der Waals surface area contributed by atoms with E-state index in [1.165, 1.54) is 0 Å². The molecule has 0 aromatic carbocycles. The van der Waals surface area contributed by atoms with Crippen LogP contribution < -0.4 is 11.5 Å². The van der Waals surface area contributed by atoms with Crippen molar-refractivity contribution < 1.29 is 28.0 Å². The van der Waals surface area contributed by atoms with Crippen LogP contribution in [0.15, 0.2) is 0 Å². The van der Waals surface area contributed by atoms with Crippen molar-refractivity contribution in [3.05, 3.63) is 0 Å². The van der Waals surface area contributed by atoms with Crippen LogP contribution in [0.1, 0.15) is 0 Å². The summed E-state index contributed by atoms with van der Waals surface area (Å²) in [7, 11) is -3.80. The number of aliphatic hydroxyl groups is 1. The van der Waals surface area contributed by atoms with Crippen LogP contribution >= 0.6 is 0 Å². The van der Waals surface area contributed by atoms with Gasteiger partial charge in [-0.15, -0.1) is 0 Å². The monoisotopic (exact) mass is 230 g/mol. The van der Waals surface area contributed by atoms with Crippen LogP contribution in [0.3, 0.4) is 0 Å². The second kappa shape index (κ2) is 7.64. The topological polar surface area (TPSA) is 164 Å². The first-order chi connectivity index (χ1) is 6.24. The van der Waals surface area contributed by atoms with E-state index in [0.717, 1.165) is 0 Å². The zero-order valence-electron chi connectivity index (χ0n) is 7.33. The summed E-state index contributed by atoms with van der Waals surface area (Å²) in [5, 5.41) is 15.9. The Labute approximate surface area is 81.3 Å². The maximum Gasteiger partial charge on any atom is 0.322 e. The largest absolute Gasteiger partial charge is 0.480 e. The van der Waals surface area contributed by atoms with Gasteiger partial charge in [0.15, 0.2) is 0 Å². The van der Waals surface area contributed by atoms with E-state index in [0.29, 0.717) is 0 Å². The molecule has 0 heterocycles. The fraction of sp³-hybridized carbons (Fsp3) is 0.800. The third-order valence-electron chi connectivity index (χ3n) is 0.890. The lowest BCUT2D eigenvalue weighted by molar-refractivity contribution is -0.139. The molecule has 0 saturated carbocycles. The zero-order chi connectivity index (χ0) is 11.8. The van der Waals surface area contributed by atoms with Gasteiger partial charge in [-0.25, -0.2) is 0 Å². The van der Waals surface area contributed by atoms with Gasteiger partial charge < -0.3 is 21.7 Å². The lowest BCUT2D eigenvalue weighted by Crippen LogP contribution is -2.33. The third kappa shape index (κ3) is 13.8. The minimum atomic E-state index is -3.80. The second-order valence-corrected chi connectivity index (χ2v) is 3.77. The number of hydrogen-bond donors (Lipinski definition) is 5. The number of hydrogen-bond acceptors (Lipinski definition) is 6. The molecule has 1 atom stereocenters. The van der Waals surface area contributed by atoms with Gasteiger partial charge in [-0.05, 0) is 0 Å². The average Bonchev–Trinajstić information content (AvgIpc) is 2.01. The lowest BCUT2D eigenvalue weighted by atomic mass is 10.3. The van der Waals surface area contributed by atoms with Crippen LogP contribution in [0.25, 0.3) is 0 Å². The number of aliphatic carboxylic acids is 1. The molecular formula is C5H14N2O6S. The van der Waals surface area contributed by atoms with Crippen LogP contribution in [-0.2, 0) is 14.9 Å². The number of carboxylic acids is 1. The third-order valence-corrected chi connectivity index (χ3v) is 1.64. The molecule has 9 heteroatoms. The molecule has 1 unspecified atom stereocenters. The van der Waals surface area contributed by atoms with Crippen molar-refractivity contribution in [1.29, 1.82) is 0 Å². The summed E-state index contributed by atoms with van der Waals surface area (Å²) in [6.07, 6.45) is 0. The first-order valence-corrected chi connectivity index (χ1v) is 5.10. The molecule has 0 aromatic heterocycles. The summed E-state index contributed by atoms with van der Waals surface area (Å²) >= 11 is 0. The van der Waals surface area contributed by atoms with E-state index < -0.39 is 28.7 Å². The predicted molar refractivity (Wildman–Crippen MR) is 48.2 cm³/mol. The molecule has 0 aliphatic carbocycles. The number of aliphatic hydroxyl groups excluding tert-OH is 1. The predicted octanol–water partition coefficient (Wildman–Crippen LogP) is -2.78. The molecule has 0 saturated heterocycles. The van der Waals surface area contributed by atoms with Gasteiger partial charge in [0.25, 0.3) is 10.1 Å². The molecule has 0 rings (SSSR count). The van der Waals surface area contributed by atoms with Gasteiger partial charge >= 0.3 is 5.97 Å². The highest BCUT2D eigenvalue weighted by atomic mass is 32.2. The number of nitrogens with two attached hydrogens (primary N) is 2. The molecule has 8 nitrogen and oxygen atoms in total. The van der Waals surface area contributed by atoms with E-state index >= 15 is 0 Å². The molecule has 0 amide bonds. The molecule has 0 aliphatic rings. The van der Waals surface area contributed by atoms with Crippen LogP contribution in [-0.4, -0.2) is 54.1 Å². The Hall–Kier alpha value is -0.740. The fourth-order valence-electron chi connectivity index (χ4n) is 0.227. The first-order valence-electron chi connectivity index (χ1n) is 3.49. The van der Waals surface area contributed by atoms with Gasteiger partial charge in [-0.3, -0.25) is 9.35 Å². The minimum absolute atomic E-state index is 0.0289. The van der Waals surface area contributed by atoms with E-state index in [1.807, 2.05) is 0 Å². The molecule has 0 spiro atoms. The quantitative estimate of drug-likeness (QED) is 0.324. The van der Waals surface area contributed by atoms with Crippen molar-refractivity contribution in [2.45, 2.75) is 6.04 Å². The van der Waals surface area contributed by atoms with Gasteiger partial charge in [0.05, 0.1) is 12.4 Å².